The van der Waals surface area contributed by atoms with Crippen LogP contribution in [0.1, 0.15) is 28.4 Å². The van der Waals surface area contributed by atoms with Gasteiger partial charge in [-0.25, -0.2) is 0 Å². The van der Waals surface area contributed by atoms with E-state index >= 15 is 0 Å². The molecular formula is C16H15BrO. The summed E-state index contributed by atoms with van der Waals surface area (Å²) in [5, 5.41) is 0.796. The van der Waals surface area contributed by atoms with Crippen LogP contribution in [-0.2, 0) is 5.33 Å². The van der Waals surface area contributed by atoms with E-state index in [0.29, 0.717) is 0 Å². The van der Waals surface area contributed by atoms with Crippen LogP contribution < -0.4 is 0 Å². The molecule has 92 valence electrons. The standard InChI is InChI=1S/C16H15BrO/c1-11-5-3-4-6-14(11)16-9-13(10-17)7-8-15(16)12(2)18/h3-9H,10H2,1-2H3. The van der Waals surface area contributed by atoms with Crippen molar-refractivity contribution in [1.29, 1.82) is 0 Å². The highest BCUT2D eigenvalue weighted by Crippen LogP contribution is 2.28. The lowest BCUT2D eigenvalue weighted by Gasteiger charge is -2.11. The molecule has 2 rings (SSSR count). The van der Waals surface area contributed by atoms with Gasteiger partial charge in [0.2, 0.25) is 0 Å². The van der Waals surface area contributed by atoms with Gasteiger partial charge >= 0.3 is 0 Å². The maximum Gasteiger partial charge on any atom is 0.160 e. The summed E-state index contributed by atoms with van der Waals surface area (Å²) in [5.41, 5.74) is 5.31. The zero-order chi connectivity index (χ0) is 13.1. The monoisotopic (exact) mass is 302 g/mol. The molecule has 0 spiro atoms. The van der Waals surface area contributed by atoms with Crippen molar-refractivity contribution >= 4 is 21.7 Å². The Labute approximate surface area is 116 Å². The number of hydrogen-bond acceptors (Lipinski definition) is 1. The van der Waals surface area contributed by atoms with Crippen molar-refractivity contribution in [2.24, 2.45) is 0 Å². The normalized spacial score (nSPS) is 10.4. The molecule has 0 N–H and O–H groups in total. The van der Waals surface area contributed by atoms with E-state index < -0.39 is 0 Å². The maximum absolute atomic E-state index is 11.7. The quantitative estimate of drug-likeness (QED) is 0.590. The molecule has 0 saturated heterocycles. The van der Waals surface area contributed by atoms with Gasteiger partial charge in [-0.15, -0.1) is 0 Å². The molecule has 0 unspecified atom stereocenters. The van der Waals surface area contributed by atoms with Gasteiger partial charge in [0.05, 0.1) is 0 Å². The number of carbonyl (C=O) groups excluding carboxylic acids is 1. The smallest absolute Gasteiger partial charge is 0.160 e. The van der Waals surface area contributed by atoms with Gasteiger partial charge in [-0.3, -0.25) is 4.79 Å². The Balaban J connectivity index is 2.68. The van der Waals surface area contributed by atoms with Crippen molar-refractivity contribution in [3.63, 3.8) is 0 Å². The van der Waals surface area contributed by atoms with E-state index in [4.69, 9.17) is 0 Å². The molecule has 2 heteroatoms. The Morgan fingerprint density at radius 1 is 1.11 bits per heavy atom. The first-order valence-electron chi connectivity index (χ1n) is 5.89. The number of carbonyl (C=O) groups is 1. The van der Waals surface area contributed by atoms with E-state index in [-0.39, 0.29) is 5.78 Å². The lowest BCUT2D eigenvalue weighted by molar-refractivity contribution is 0.101. The van der Waals surface area contributed by atoms with Gasteiger partial charge in [0, 0.05) is 10.9 Å². The molecule has 18 heavy (non-hydrogen) atoms. The van der Waals surface area contributed by atoms with Crippen molar-refractivity contribution in [3.05, 3.63) is 59.2 Å². The molecule has 0 heterocycles. The van der Waals surface area contributed by atoms with Gasteiger partial charge in [0.15, 0.2) is 5.78 Å². The summed E-state index contributed by atoms with van der Waals surface area (Å²) in [7, 11) is 0. The van der Waals surface area contributed by atoms with Crippen LogP contribution in [0.3, 0.4) is 0 Å². The predicted molar refractivity (Wildman–Crippen MR) is 79.3 cm³/mol. The average molecular weight is 303 g/mol. The fourth-order valence-corrected chi connectivity index (χ4v) is 2.43. The number of ketones is 1. The minimum atomic E-state index is 0.106. The summed E-state index contributed by atoms with van der Waals surface area (Å²) in [5.74, 6) is 0.106. The third-order valence-corrected chi connectivity index (χ3v) is 3.70. The van der Waals surface area contributed by atoms with Crippen LogP contribution in [-0.4, -0.2) is 5.78 Å². The number of rotatable bonds is 3. The van der Waals surface area contributed by atoms with Gasteiger partial charge in [0.25, 0.3) is 0 Å². The highest BCUT2D eigenvalue weighted by molar-refractivity contribution is 9.08. The van der Waals surface area contributed by atoms with Crippen LogP contribution >= 0.6 is 15.9 Å². The van der Waals surface area contributed by atoms with E-state index in [0.717, 1.165) is 22.0 Å². The first-order chi connectivity index (χ1) is 8.63. The summed E-state index contributed by atoms with van der Waals surface area (Å²) in [6, 6.07) is 14.2. The van der Waals surface area contributed by atoms with Crippen LogP contribution in [0.25, 0.3) is 11.1 Å². The first kappa shape index (κ1) is 13.0. The van der Waals surface area contributed by atoms with Crippen LogP contribution in [0.4, 0.5) is 0 Å². The highest BCUT2D eigenvalue weighted by atomic mass is 79.9. The summed E-state index contributed by atoms with van der Waals surface area (Å²) >= 11 is 3.46. The van der Waals surface area contributed by atoms with E-state index in [9.17, 15) is 4.79 Å². The van der Waals surface area contributed by atoms with Gasteiger partial charge < -0.3 is 0 Å². The molecule has 0 atom stereocenters. The van der Waals surface area contributed by atoms with Crippen LogP contribution in [0.15, 0.2) is 42.5 Å². The molecule has 0 amide bonds. The molecule has 1 nitrogen and oxygen atoms in total. The minimum Gasteiger partial charge on any atom is -0.294 e. The molecule has 0 aliphatic rings. The number of aryl methyl sites for hydroxylation is 1. The Kier molecular flexibility index (Phi) is 3.97. The molecule has 2 aromatic rings. The van der Waals surface area contributed by atoms with Gasteiger partial charge in [-0.1, -0.05) is 52.3 Å². The molecule has 0 aromatic heterocycles. The second-order valence-electron chi connectivity index (χ2n) is 4.38. The third kappa shape index (κ3) is 2.54. The Morgan fingerprint density at radius 3 is 2.44 bits per heavy atom. The van der Waals surface area contributed by atoms with Crippen molar-refractivity contribution < 1.29 is 4.79 Å². The molecule has 0 saturated carbocycles. The van der Waals surface area contributed by atoms with E-state index in [1.807, 2.05) is 24.3 Å². The number of benzene rings is 2. The lowest BCUT2D eigenvalue weighted by atomic mass is 9.93. The number of halogens is 1. The molecule has 0 aliphatic carbocycles. The largest absolute Gasteiger partial charge is 0.294 e. The Morgan fingerprint density at radius 2 is 1.83 bits per heavy atom. The minimum absolute atomic E-state index is 0.106. The molecule has 0 fully saturated rings. The van der Waals surface area contributed by atoms with Crippen LogP contribution in [0.5, 0.6) is 0 Å². The van der Waals surface area contributed by atoms with Crippen molar-refractivity contribution in [3.8, 4) is 11.1 Å². The van der Waals surface area contributed by atoms with Crippen molar-refractivity contribution in [1.82, 2.24) is 0 Å². The van der Waals surface area contributed by atoms with E-state index in [1.54, 1.807) is 6.92 Å². The maximum atomic E-state index is 11.7. The third-order valence-electron chi connectivity index (χ3n) is 3.05. The average Bonchev–Trinajstić information content (AvgIpc) is 2.38. The second-order valence-corrected chi connectivity index (χ2v) is 4.95. The fraction of sp³-hybridized carbons (Fsp3) is 0.188. The summed E-state index contributed by atoms with van der Waals surface area (Å²) in [6.07, 6.45) is 0. The van der Waals surface area contributed by atoms with Crippen LogP contribution in [0, 0.1) is 6.92 Å². The molecule has 0 bridgehead atoms. The molecule has 0 aliphatic heterocycles. The Bertz CT molecular complexity index is 587. The number of Topliss-reactive ketones (excluding diaryl/α,β-unsaturated/α-hetero) is 1. The first-order valence-corrected chi connectivity index (χ1v) is 7.01. The summed E-state index contributed by atoms with van der Waals surface area (Å²) < 4.78 is 0. The summed E-state index contributed by atoms with van der Waals surface area (Å²) in [4.78, 5) is 11.7. The molecular weight excluding hydrogens is 288 g/mol. The lowest BCUT2D eigenvalue weighted by Crippen LogP contribution is -1.98. The van der Waals surface area contributed by atoms with Gasteiger partial charge in [0.1, 0.15) is 0 Å². The zero-order valence-electron chi connectivity index (χ0n) is 10.5. The van der Waals surface area contributed by atoms with E-state index in [1.165, 1.54) is 11.1 Å². The number of alkyl halides is 1. The van der Waals surface area contributed by atoms with Gasteiger partial charge in [-0.2, -0.15) is 0 Å². The molecule has 0 radical (unpaired) electrons. The zero-order valence-corrected chi connectivity index (χ0v) is 12.1. The summed E-state index contributed by atoms with van der Waals surface area (Å²) in [6.45, 7) is 3.69. The molecule has 2 aromatic carbocycles. The fourth-order valence-electron chi connectivity index (χ4n) is 2.08. The highest BCUT2D eigenvalue weighted by Gasteiger charge is 2.11. The predicted octanol–water partition coefficient (Wildman–Crippen LogP) is 4.76. The van der Waals surface area contributed by atoms with Gasteiger partial charge in [-0.05, 0) is 42.2 Å². The van der Waals surface area contributed by atoms with E-state index in [2.05, 4.69) is 41.1 Å². The van der Waals surface area contributed by atoms with Crippen molar-refractivity contribution in [2.45, 2.75) is 19.2 Å². The van der Waals surface area contributed by atoms with Crippen LogP contribution in [0.2, 0.25) is 0 Å². The number of hydrogen-bond donors (Lipinski definition) is 0. The van der Waals surface area contributed by atoms with Crippen molar-refractivity contribution in [2.75, 3.05) is 0 Å². The SMILES string of the molecule is CC(=O)c1ccc(CBr)cc1-c1ccccc1C. The topological polar surface area (TPSA) is 17.1 Å². The Hall–Kier alpha value is -1.41. The second kappa shape index (κ2) is 5.49.